The first-order valence-corrected chi connectivity index (χ1v) is 11.8. The van der Waals surface area contributed by atoms with Crippen LogP contribution in [0.1, 0.15) is 46.0 Å². The number of piperazine rings is 1. The van der Waals surface area contributed by atoms with E-state index < -0.39 is 10.0 Å². The lowest BCUT2D eigenvalue weighted by Gasteiger charge is -2.35. The smallest absolute Gasteiger partial charge is 0.243 e. The lowest BCUT2D eigenvalue weighted by molar-refractivity contribution is 0.231. The predicted molar refractivity (Wildman–Crippen MR) is 119 cm³/mol. The van der Waals surface area contributed by atoms with Gasteiger partial charge in [0.05, 0.1) is 11.0 Å². The maximum absolute atomic E-state index is 13.1. The Bertz CT molecular complexity index is 974. The molecule has 8 heteroatoms. The molecule has 3 rings (SSSR count). The van der Waals surface area contributed by atoms with E-state index in [1.807, 2.05) is 39.0 Å². The van der Waals surface area contributed by atoms with Gasteiger partial charge in [-0.25, -0.2) is 13.4 Å². The molecule has 0 bridgehead atoms. The van der Waals surface area contributed by atoms with Crippen molar-refractivity contribution < 1.29 is 13.2 Å². The van der Waals surface area contributed by atoms with Crippen LogP contribution in [0.15, 0.2) is 35.2 Å². The number of nitrogens with zero attached hydrogens (tertiary/aromatic N) is 4. The molecular formula is C22H32N4O3S. The van der Waals surface area contributed by atoms with Gasteiger partial charge in [0.15, 0.2) is 0 Å². The molecule has 0 aliphatic carbocycles. The maximum atomic E-state index is 13.1. The van der Waals surface area contributed by atoms with Crippen molar-refractivity contribution in [3.8, 4) is 5.88 Å². The largest absolute Gasteiger partial charge is 0.475 e. The molecule has 1 aliphatic rings. The summed E-state index contributed by atoms with van der Waals surface area (Å²) in [5.41, 5.74) is 1.10. The average Bonchev–Trinajstić information content (AvgIpc) is 2.66. The van der Waals surface area contributed by atoms with Crippen LogP contribution in [-0.4, -0.2) is 55.0 Å². The number of benzene rings is 1. The zero-order chi connectivity index (χ0) is 22.1. The van der Waals surface area contributed by atoms with Crippen molar-refractivity contribution in [1.29, 1.82) is 0 Å². The molecule has 0 atom stereocenters. The van der Waals surface area contributed by atoms with Gasteiger partial charge in [-0.3, -0.25) is 0 Å². The molecule has 2 aromatic rings. The molecule has 7 nitrogen and oxygen atoms in total. The zero-order valence-electron chi connectivity index (χ0n) is 18.7. The highest BCUT2D eigenvalue weighted by Gasteiger charge is 2.29. The van der Waals surface area contributed by atoms with E-state index in [9.17, 15) is 8.42 Å². The van der Waals surface area contributed by atoms with E-state index in [2.05, 4.69) is 35.6 Å². The monoisotopic (exact) mass is 432 g/mol. The minimum Gasteiger partial charge on any atom is -0.475 e. The highest BCUT2D eigenvalue weighted by Crippen LogP contribution is 2.26. The predicted octanol–water partition coefficient (Wildman–Crippen LogP) is 3.38. The number of anilines is 1. The molecular weight excluding hydrogens is 400 g/mol. The number of aryl methyl sites for hydroxylation is 1. The van der Waals surface area contributed by atoms with Crippen LogP contribution in [0.25, 0.3) is 0 Å². The van der Waals surface area contributed by atoms with Gasteiger partial charge in [0.2, 0.25) is 15.9 Å². The second-order valence-corrected chi connectivity index (χ2v) is 10.9. The summed E-state index contributed by atoms with van der Waals surface area (Å²) in [7, 11) is -3.51. The van der Waals surface area contributed by atoms with E-state index in [4.69, 9.17) is 4.74 Å². The zero-order valence-corrected chi connectivity index (χ0v) is 19.5. The van der Waals surface area contributed by atoms with Crippen LogP contribution in [0.2, 0.25) is 0 Å². The van der Waals surface area contributed by atoms with E-state index in [0.29, 0.717) is 42.8 Å². The number of aromatic nitrogens is 2. The van der Waals surface area contributed by atoms with Gasteiger partial charge in [0.25, 0.3) is 0 Å². The van der Waals surface area contributed by atoms with Crippen LogP contribution in [0, 0.1) is 6.92 Å². The van der Waals surface area contributed by atoms with Crippen molar-refractivity contribution in [1.82, 2.24) is 14.3 Å². The third kappa shape index (κ3) is 5.10. The average molecular weight is 433 g/mol. The summed E-state index contributed by atoms with van der Waals surface area (Å²) in [5.74, 6) is 1.95. The van der Waals surface area contributed by atoms with E-state index in [-0.39, 0.29) is 11.5 Å². The molecule has 0 amide bonds. The van der Waals surface area contributed by atoms with Crippen molar-refractivity contribution in [2.75, 3.05) is 31.1 Å². The Hall–Kier alpha value is -2.19. The Morgan fingerprint density at radius 1 is 1.00 bits per heavy atom. The molecule has 0 unspecified atom stereocenters. The number of hydrogen-bond acceptors (Lipinski definition) is 6. The maximum Gasteiger partial charge on any atom is 0.243 e. The molecule has 164 valence electrons. The molecule has 0 saturated carbocycles. The first-order valence-electron chi connectivity index (χ1n) is 10.3. The Balaban J connectivity index is 1.71. The molecule has 0 spiro atoms. The molecule has 1 aliphatic heterocycles. The molecule has 2 heterocycles. The summed E-state index contributed by atoms with van der Waals surface area (Å²) in [5, 5.41) is 0. The topological polar surface area (TPSA) is 75.6 Å². The first-order chi connectivity index (χ1) is 14.0. The van der Waals surface area contributed by atoms with Crippen molar-refractivity contribution in [2.24, 2.45) is 0 Å². The molecule has 0 N–H and O–H groups in total. The number of rotatable bonds is 5. The highest BCUT2D eigenvalue weighted by atomic mass is 32.2. The molecule has 30 heavy (non-hydrogen) atoms. The molecule has 1 aromatic carbocycles. The van der Waals surface area contributed by atoms with Gasteiger partial charge in [0, 0.05) is 32.2 Å². The minimum absolute atomic E-state index is 0.0122. The van der Waals surface area contributed by atoms with Crippen molar-refractivity contribution in [2.45, 2.75) is 58.0 Å². The van der Waals surface area contributed by atoms with E-state index in [1.54, 1.807) is 16.4 Å². The fraction of sp³-hybridized carbons (Fsp3) is 0.545. The molecule has 1 aromatic heterocycles. The first kappa shape index (κ1) is 22.5. The summed E-state index contributed by atoms with van der Waals surface area (Å²) < 4.78 is 33.4. The van der Waals surface area contributed by atoms with E-state index in [1.165, 1.54) is 0 Å². The Kier molecular flexibility index (Phi) is 6.38. The summed E-state index contributed by atoms with van der Waals surface area (Å²) in [6.45, 7) is 14.0. The van der Waals surface area contributed by atoms with Gasteiger partial charge >= 0.3 is 0 Å². The van der Waals surface area contributed by atoms with Gasteiger partial charge in [-0.1, -0.05) is 32.9 Å². The number of hydrogen-bond donors (Lipinski definition) is 0. The van der Waals surface area contributed by atoms with Crippen LogP contribution >= 0.6 is 0 Å². The summed E-state index contributed by atoms with van der Waals surface area (Å²) in [6, 6.07) is 9.06. The summed E-state index contributed by atoms with van der Waals surface area (Å²) >= 11 is 0. The number of sulfonamides is 1. The Labute approximate surface area is 180 Å². The second kappa shape index (κ2) is 8.51. The fourth-order valence-electron chi connectivity index (χ4n) is 3.42. The van der Waals surface area contributed by atoms with Crippen LogP contribution in [0.3, 0.4) is 0 Å². The highest BCUT2D eigenvalue weighted by molar-refractivity contribution is 7.89. The van der Waals surface area contributed by atoms with Gasteiger partial charge in [0.1, 0.15) is 11.6 Å². The third-order valence-corrected chi connectivity index (χ3v) is 6.99. The quantitative estimate of drug-likeness (QED) is 0.721. The normalized spacial score (nSPS) is 16.2. The fourth-order valence-corrected chi connectivity index (χ4v) is 4.84. The molecule has 1 saturated heterocycles. The second-order valence-electron chi connectivity index (χ2n) is 8.94. The van der Waals surface area contributed by atoms with E-state index >= 15 is 0 Å². The van der Waals surface area contributed by atoms with Crippen molar-refractivity contribution >= 4 is 15.8 Å². The van der Waals surface area contributed by atoms with Crippen LogP contribution < -0.4 is 9.64 Å². The lowest BCUT2D eigenvalue weighted by atomic mass is 9.87. The van der Waals surface area contributed by atoms with Crippen LogP contribution in [0.5, 0.6) is 5.88 Å². The molecule has 0 radical (unpaired) electrons. The minimum atomic E-state index is -3.51. The standard InChI is InChI=1S/C22H32N4O3S/c1-16(2)29-21-15-20(23-17(3)24-21)25-11-13-26(14-12-25)30(27,28)19-9-7-18(8-10-19)22(4,5)6/h7-10,15-16H,11-14H2,1-6H3. The Morgan fingerprint density at radius 3 is 2.13 bits per heavy atom. The van der Waals surface area contributed by atoms with Gasteiger partial charge in [-0.05, 0) is 43.9 Å². The third-order valence-electron chi connectivity index (χ3n) is 5.08. The SMILES string of the molecule is Cc1nc(OC(C)C)cc(N2CCN(S(=O)(=O)c3ccc(C(C)(C)C)cc3)CC2)n1. The number of ether oxygens (including phenoxy) is 1. The molecule has 1 fully saturated rings. The van der Waals surface area contributed by atoms with Gasteiger partial charge < -0.3 is 9.64 Å². The van der Waals surface area contributed by atoms with Crippen LogP contribution in [0.4, 0.5) is 5.82 Å². The van der Waals surface area contributed by atoms with E-state index in [0.717, 1.165) is 11.4 Å². The summed E-state index contributed by atoms with van der Waals surface area (Å²) in [6.07, 6.45) is 0.0267. The van der Waals surface area contributed by atoms with Gasteiger partial charge in [-0.2, -0.15) is 9.29 Å². The van der Waals surface area contributed by atoms with Gasteiger partial charge in [-0.15, -0.1) is 0 Å². The van der Waals surface area contributed by atoms with Crippen LogP contribution in [-0.2, 0) is 15.4 Å². The van der Waals surface area contributed by atoms with Crippen molar-refractivity contribution in [3.05, 3.63) is 41.7 Å². The van der Waals surface area contributed by atoms with Crippen molar-refractivity contribution in [3.63, 3.8) is 0 Å². The lowest BCUT2D eigenvalue weighted by Crippen LogP contribution is -2.49. The Morgan fingerprint density at radius 2 is 1.60 bits per heavy atom. The summed E-state index contributed by atoms with van der Waals surface area (Å²) in [4.78, 5) is 11.3.